The number of pyridine rings is 1. The molecule has 2 aromatic heterocycles. The average Bonchev–Trinajstić information content (AvgIpc) is 3.19. The molecule has 0 amide bonds. The van der Waals surface area contributed by atoms with Crippen molar-refractivity contribution in [1.82, 2.24) is 4.98 Å². The van der Waals surface area contributed by atoms with Gasteiger partial charge in [-0.05, 0) is 71.1 Å². The van der Waals surface area contributed by atoms with Crippen LogP contribution in [0.5, 0.6) is 0 Å². The lowest BCUT2D eigenvalue weighted by Crippen LogP contribution is -2.14. The van der Waals surface area contributed by atoms with E-state index in [9.17, 15) is 0 Å². The van der Waals surface area contributed by atoms with Gasteiger partial charge in [0, 0.05) is 37.3 Å². The lowest BCUT2D eigenvalue weighted by molar-refractivity contribution is 0.661. The van der Waals surface area contributed by atoms with Crippen LogP contribution in [0.25, 0.3) is 42.6 Å². The van der Waals surface area contributed by atoms with Crippen LogP contribution in [0.1, 0.15) is 30.5 Å². The van der Waals surface area contributed by atoms with Gasteiger partial charge in [0.2, 0.25) is 0 Å². The van der Waals surface area contributed by atoms with Crippen LogP contribution in [0, 0.1) is 6.92 Å². The van der Waals surface area contributed by atoms with E-state index >= 15 is 0 Å². The number of thiophene rings is 1. The zero-order valence-electron chi connectivity index (χ0n) is 16.8. The van der Waals surface area contributed by atoms with E-state index in [-0.39, 0.29) is 5.41 Å². The van der Waals surface area contributed by atoms with Crippen molar-refractivity contribution in [2.45, 2.75) is 26.2 Å². The van der Waals surface area contributed by atoms with Crippen LogP contribution < -0.4 is 0 Å². The van der Waals surface area contributed by atoms with E-state index < -0.39 is 0 Å². The van der Waals surface area contributed by atoms with E-state index in [4.69, 9.17) is 0 Å². The second kappa shape index (κ2) is 5.77. The Hall–Kier alpha value is -2.97. The predicted octanol–water partition coefficient (Wildman–Crippen LogP) is 7.73. The number of aromatic nitrogens is 1. The Kier molecular flexibility index (Phi) is 3.37. The van der Waals surface area contributed by atoms with E-state index in [0.717, 1.165) is 5.69 Å². The van der Waals surface area contributed by atoms with Gasteiger partial charge in [-0.2, -0.15) is 0 Å². The Morgan fingerprint density at radius 2 is 1.59 bits per heavy atom. The summed E-state index contributed by atoms with van der Waals surface area (Å²) >= 11 is 1.90. The molecule has 0 spiro atoms. The molecular weight excluding hydrogens is 370 g/mol. The Morgan fingerprint density at radius 3 is 2.45 bits per heavy atom. The Morgan fingerprint density at radius 1 is 0.759 bits per heavy atom. The Balaban J connectivity index is 1.64. The van der Waals surface area contributed by atoms with Gasteiger partial charge in [0.15, 0.2) is 0 Å². The molecule has 0 unspecified atom stereocenters. The molecule has 0 N–H and O–H groups in total. The number of benzene rings is 3. The number of hydrogen-bond donors (Lipinski definition) is 0. The van der Waals surface area contributed by atoms with Crippen LogP contribution in [0.3, 0.4) is 0 Å². The summed E-state index contributed by atoms with van der Waals surface area (Å²) < 4.78 is 2.74. The predicted molar refractivity (Wildman–Crippen MR) is 125 cm³/mol. The minimum atomic E-state index is 0.00753. The van der Waals surface area contributed by atoms with Crippen LogP contribution in [0.2, 0.25) is 0 Å². The third-order valence-corrected chi connectivity index (χ3v) is 7.52. The van der Waals surface area contributed by atoms with Gasteiger partial charge in [0.1, 0.15) is 0 Å². The van der Waals surface area contributed by atoms with Gasteiger partial charge in [-0.3, -0.25) is 4.98 Å². The molecule has 3 aromatic carbocycles. The van der Waals surface area contributed by atoms with Crippen LogP contribution in [0.15, 0.2) is 72.9 Å². The van der Waals surface area contributed by atoms with E-state index in [2.05, 4.69) is 86.4 Å². The van der Waals surface area contributed by atoms with Crippen molar-refractivity contribution in [2.24, 2.45) is 0 Å². The first-order valence-electron chi connectivity index (χ1n) is 10.1. The molecule has 1 aliphatic carbocycles. The Labute approximate surface area is 174 Å². The summed E-state index contributed by atoms with van der Waals surface area (Å²) in [6.07, 6.45) is 1.90. The van der Waals surface area contributed by atoms with Crippen LogP contribution in [-0.2, 0) is 5.41 Å². The van der Waals surface area contributed by atoms with Crippen LogP contribution in [-0.4, -0.2) is 4.98 Å². The molecule has 0 atom stereocenters. The molecule has 0 saturated carbocycles. The second-order valence-corrected chi connectivity index (χ2v) is 9.68. The maximum Gasteiger partial charge on any atom is 0.0704 e. The van der Waals surface area contributed by atoms with Gasteiger partial charge in [0.05, 0.1) is 5.69 Å². The molecular formula is C27H21NS. The van der Waals surface area contributed by atoms with Gasteiger partial charge in [-0.15, -0.1) is 11.3 Å². The zero-order chi connectivity index (χ0) is 19.8. The molecule has 0 fully saturated rings. The second-order valence-electron chi connectivity index (χ2n) is 8.60. The third kappa shape index (κ3) is 2.36. The topological polar surface area (TPSA) is 12.9 Å². The fourth-order valence-corrected chi connectivity index (χ4v) is 5.95. The van der Waals surface area contributed by atoms with E-state index in [1.807, 2.05) is 23.6 Å². The van der Waals surface area contributed by atoms with Crippen LogP contribution >= 0.6 is 11.3 Å². The summed E-state index contributed by atoms with van der Waals surface area (Å²) in [4.78, 5) is 4.61. The highest BCUT2D eigenvalue weighted by Crippen LogP contribution is 2.52. The van der Waals surface area contributed by atoms with Gasteiger partial charge < -0.3 is 0 Å². The highest BCUT2D eigenvalue weighted by molar-refractivity contribution is 7.25. The fourth-order valence-electron chi connectivity index (χ4n) is 4.82. The van der Waals surface area contributed by atoms with Crippen molar-refractivity contribution in [1.29, 1.82) is 0 Å². The number of rotatable bonds is 1. The van der Waals surface area contributed by atoms with Gasteiger partial charge in [0.25, 0.3) is 0 Å². The molecule has 0 radical (unpaired) electrons. The zero-order valence-corrected chi connectivity index (χ0v) is 17.6. The lowest BCUT2D eigenvalue weighted by atomic mass is 9.82. The first-order valence-corrected chi connectivity index (χ1v) is 10.9. The van der Waals surface area contributed by atoms with Crippen molar-refractivity contribution in [3.63, 3.8) is 0 Å². The van der Waals surface area contributed by atoms with E-state index in [1.54, 1.807) is 0 Å². The van der Waals surface area contributed by atoms with E-state index in [1.165, 1.54) is 53.6 Å². The number of aryl methyl sites for hydroxylation is 1. The molecule has 140 valence electrons. The van der Waals surface area contributed by atoms with Gasteiger partial charge >= 0.3 is 0 Å². The molecule has 1 aliphatic rings. The summed E-state index contributed by atoms with van der Waals surface area (Å²) in [5, 5.41) is 2.73. The molecule has 0 saturated heterocycles. The standard InChI is InChI=1S/C27H21NS/c1-16-10-11-28-24(12-16)17-8-9-22-19(13-17)20-14-21-18-6-4-5-7-25(18)29-26(21)15-23(20)27(22,2)3/h4-15H,1-3H3. The summed E-state index contributed by atoms with van der Waals surface area (Å²) in [5.74, 6) is 0. The molecule has 6 rings (SSSR count). The lowest BCUT2D eigenvalue weighted by Gasteiger charge is -2.21. The summed E-state index contributed by atoms with van der Waals surface area (Å²) in [6, 6.07) is 24.7. The number of hydrogen-bond acceptors (Lipinski definition) is 2. The number of fused-ring (bicyclic) bond motifs is 6. The largest absolute Gasteiger partial charge is 0.256 e. The van der Waals surface area contributed by atoms with E-state index in [0.29, 0.717) is 0 Å². The third-order valence-electron chi connectivity index (χ3n) is 6.38. The summed E-state index contributed by atoms with van der Waals surface area (Å²) in [5.41, 5.74) is 9.04. The van der Waals surface area contributed by atoms with Crippen molar-refractivity contribution in [2.75, 3.05) is 0 Å². The first-order chi connectivity index (χ1) is 14.0. The quantitative estimate of drug-likeness (QED) is 0.285. The molecule has 29 heavy (non-hydrogen) atoms. The fraction of sp³-hybridized carbons (Fsp3) is 0.148. The molecule has 1 nitrogen and oxygen atoms in total. The summed E-state index contributed by atoms with van der Waals surface area (Å²) in [6.45, 7) is 6.82. The SMILES string of the molecule is Cc1ccnc(-c2ccc3c(c2)-c2cc4c(cc2C3(C)C)sc2ccccc24)c1. The minimum absolute atomic E-state index is 0.00753. The van der Waals surface area contributed by atoms with Gasteiger partial charge in [-0.1, -0.05) is 44.2 Å². The van der Waals surface area contributed by atoms with Crippen molar-refractivity contribution in [3.8, 4) is 22.4 Å². The molecule has 5 aromatic rings. The maximum absolute atomic E-state index is 4.61. The summed E-state index contributed by atoms with van der Waals surface area (Å²) in [7, 11) is 0. The highest BCUT2D eigenvalue weighted by Gasteiger charge is 2.36. The Bertz CT molecular complexity index is 1440. The maximum atomic E-state index is 4.61. The molecule has 0 aliphatic heterocycles. The highest BCUT2D eigenvalue weighted by atomic mass is 32.1. The minimum Gasteiger partial charge on any atom is -0.256 e. The average molecular weight is 392 g/mol. The normalized spacial score (nSPS) is 14.3. The smallest absolute Gasteiger partial charge is 0.0704 e. The van der Waals surface area contributed by atoms with Crippen LogP contribution in [0.4, 0.5) is 0 Å². The molecule has 2 heteroatoms. The van der Waals surface area contributed by atoms with Crippen molar-refractivity contribution >= 4 is 31.5 Å². The molecule has 2 heterocycles. The van der Waals surface area contributed by atoms with Gasteiger partial charge in [-0.25, -0.2) is 0 Å². The number of nitrogens with zero attached hydrogens (tertiary/aromatic N) is 1. The van der Waals surface area contributed by atoms with Crippen molar-refractivity contribution < 1.29 is 0 Å². The molecule has 0 bridgehead atoms. The first kappa shape index (κ1) is 16.9. The monoisotopic (exact) mass is 391 g/mol. The van der Waals surface area contributed by atoms with Crippen molar-refractivity contribution in [3.05, 3.63) is 89.6 Å².